The van der Waals surface area contributed by atoms with Crippen LogP contribution < -0.4 is 4.73 Å². The number of nitrogens with zero attached hydrogens (tertiary/aromatic N) is 3. The molecule has 2 heterocycles. The molecule has 1 amide bonds. The standard InChI is InChI=1S/C21H26ClN3O2/c1-23(21(26)19-9-13-25(27)14-10-19)15-18-3-2-11-24(16-18)12-8-17-4-6-20(22)7-5-17/h4-7,9-10,13-14,18H,2-3,8,11-12,15-16H2,1H3. The molecule has 3 rings (SSSR count). The van der Waals surface area contributed by atoms with Crippen LogP contribution in [-0.2, 0) is 6.42 Å². The molecular weight excluding hydrogens is 362 g/mol. The Hall–Kier alpha value is -2.11. The Balaban J connectivity index is 1.49. The third-order valence-corrected chi connectivity index (χ3v) is 5.41. The zero-order valence-electron chi connectivity index (χ0n) is 15.7. The van der Waals surface area contributed by atoms with Crippen molar-refractivity contribution in [1.29, 1.82) is 0 Å². The molecule has 6 heteroatoms. The van der Waals surface area contributed by atoms with E-state index in [9.17, 15) is 10.0 Å². The molecule has 27 heavy (non-hydrogen) atoms. The van der Waals surface area contributed by atoms with Gasteiger partial charge in [-0.15, -0.1) is 0 Å². The first kappa shape index (κ1) is 19.6. The average molecular weight is 388 g/mol. The third-order valence-electron chi connectivity index (χ3n) is 5.16. The van der Waals surface area contributed by atoms with Crippen molar-refractivity contribution in [3.63, 3.8) is 0 Å². The van der Waals surface area contributed by atoms with Crippen molar-refractivity contribution in [3.8, 4) is 0 Å². The van der Waals surface area contributed by atoms with Crippen molar-refractivity contribution in [3.05, 3.63) is 70.1 Å². The van der Waals surface area contributed by atoms with Gasteiger partial charge in [0.1, 0.15) is 0 Å². The molecule has 1 atom stereocenters. The summed E-state index contributed by atoms with van der Waals surface area (Å²) in [6.07, 6.45) is 6.04. The highest BCUT2D eigenvalue weighted by atomic mass is 35.5. The molecule has 1 aromatic heterocycles. The molecule has 0 N–H and O–H groups in total. The van der Waals surface area contributed by atoms with Crippen LogP contribution in [0.2, 0.25) is 5.02 Å². The van der Waals surface area contributed by atoms with Gasteiger partial charge in [0.05, 0.1) is 5.56 Å². The van der Waals surface area contributed by atoms with Crippen LogP contribution in [0.15, 0.2) is 48.8 Å². The van der Waals surface area contributed by atoms with Crippen LogP contribution in [0, 0.1) is 11.1 Å². The van der Waals surface area contributed by atoms with E-state index in [0.29, 0.717) is 16.2 Å². The zero-order valence-corrected chi connectivity index (χ0v) is 16.4. The Morgan fingerprint density at radius 1 is 1.26 bits per heavy atom. The van der Waals surface area contributed by atoms with Crippen molar-refractivity contribution in [2.24, 2.45) is 5.92 Å². The predicted octanol–water partition coefficient (Wildman–Crippen LogP) is 3.00. The molecule has 1 fully saturated rings. The predicted molar refractivity (Wildman–Crippen MR) is 107 cm³/mol. The number of likely N-dealkylation sites (tertiary alicyclic amines) is 1. The normalized spacial score (nSPS) is 17.6. The van der Waals surface area contributed by atoms with E-state index in [4.69, 9.17) is 11.6 Å². The Morgan fingerprint density at radius 2 is 1.96 bits per heavy atom. The van der Waals surface area contributed by atoms with E-state index >= 15 is 0 Å². The lowest BCUT2D eigenvalue weighted by molar-refractivity contribution is -0.605. The van der Waals surface area contributed by atoms with Crippen molar-refractivity contribution in [2.75, 3.05) is 33.2 Å². The maximum absolute atomic E-state index is 12.5. The van der Waals surface area contributed by atoms with Crippen molar-refractivity contribution in [2.45, 2.75) is 19.3 Å². The van der Waals surface area contributed by atoms with Crippen LogP contribution >= 0.6 is 11.6 Å². The van der Waals surface area contributed by atoms with E-state index in [2.05, 4.69) is 17.0 Å². The largest absolute Gasteiger partial charge is 0.619 e. The summed E-state index contributed by atoms with van der Waals surface area (Å²) in [7, 11) is 1.84. The number of hydrogen-bond donors (Lipinski definition) is 0. The van der Waals surface area contributed by atoms with Crippen molar-refractivity contribution < 1.29 is 9.52 Å². The van der Waals surface area contributed by atoms with E-state index < -0.39 is 0 Å². The summed E-state index contributed by atoms with van der Waals surface area (Å²) < 4.78 is 0.691. The maximum atomic E-state index is 12.5. The van der Waals surface area contributed by atoms with Gasteiger partial charge in [-0.05, 0) is 49.4 Å². The lowest BCUT2D eigenvalue weighted by atomic mass is 9.97. The van der Waals surface area contributed by atoms with Gasteiger partial charge < -0.3 is 15.0 Å². The van der Waals surface area contributed by atoms with E-state index in [0.717, 1.165) is 50.5 Å². The number of aromatic nitrogens is 1. The molecule has 0 saturated carbocycles. The molecule has 144 valence electrons. The summed E-state index contributed by atoms with van der Waals surface area (Å²) in [6, 6.07) is 11.2. The topological polar surface area (TPSA) is 50.5 Å². The lowest BCUT2D eigenvalue weighted by Gasteiger charge is -2.34. The van der Waals surface area contributed by atoms with Gasteiger partial charge in [0, 0.05) is 43.8 Å². The number of benzene rings is 1. The lowest BCUT2D eigenvalue weighted by Crippen LogP contribution is -2.42. The Labute approximate surface area is 165 Å². The fourth-order valence-electron chi connectivity index (χ4n) is 3.69. The SMILES string of the molecule is CN(CC1CCCN(CCc2ccc(Cl)cc2)C1)C(=O)c1cc[n+]([O-])cc1. The van der Waals surface area contributed by atoms with Crippen LogP contribution in [0.3, 0.4) is 0 Å². The molecule has 1 unspecified atom stereocenters. The van der Waals surface area contributed by atoms with E-state index in [-0.39, 0.29) is 5.91 Å². The number of amides is 1. The second-order valence-corrected chi connectivity index (χ2v) is 7.75. The number of hydrogen-bond acceptors (Lipinski definition) is 3. The van der Waals surface area contributed by atoms with Crippen molar-refractivity contribution in [1.82, 2.24) is 9.80 Å². The second kappa shape index (κ2) is 9.20. The smallest absolute Gasteiger partial charge is 0.254 e. The summed E-state index contributed by atoms with van der Waals surface area (Å²) >= 11 is 5.95. The van der Waals surface area contributed by atoms with E-state index in [1.165, 1.54) is 18.0 Å². The summed E-state index contributed by atoms with van der Waals surface area (Å²) in [5.74, 6) is 0.444. The number of carbonyl (C=O) groups excluding carboxylic acids is 1. The number of carbonyl (C=O) groups is 1. The fourth-order valence-corrected chi connectivity index (χ4v) is 3.81. The number of halogens is 1. The van der Waals surface area contributed by atoms with Crippen LogP contribution in [0.25, 0.3) is 0 Å². The van der Waals surface area contributed by atoms with Gasteiger partial charge in [0.25, 0.3) is 5.91 Å². The number of piperidine rings is 1. The highest BCUT2D eigenvalue weighted by molar-refractivity contribution is 6.30. The Bertz CT molecular complexity index is 749. The molecule has 0 radical (unpaired) electrons. The summed E-state index contributed by atoms with van der Waals surface area (Å²) in [6.45, 7) is 3.89. The van der Waals surface area contributed by atoms with E-state index in [1.54, 1.807) is 17.0 Å². The molecule has 2 aromatic rings. The Kier molecular flexibility index (Phi) is 6.69. The molecule has 1 aliphatic heterocycles. The van der Waals surface area contributed by atoms with Crippen LogP contribution in [0.5, 0.6) is 0 Å². The van der Waals surface area contributed by atoms with Crippen molar-refractivity contribution >= 4 is 17.5 Å². The molecule has 0 bridgehead atoms. The first-order chi connectivity index (χ1) is 13.0. The quantitative estimate of drug-likeness (QED) is 0.565. The van der Waals surface area contributed by atoms with Gasteiger partial charge in [-0.3, -0.25) is 4.79 Å². The first-order valence-corrected chi connectivity index (χ1v) is 9.80. The minimum atomic E-state index is -0.0334. The zero-order chi connectivity index (χ0) is 19.2. The Morgan fingerprint density at radius 3 is 2.67 bits per heavy atom. The minimum Gasteiger partial charge on any atom is -0.619 e. The molecule has 1 aromatic carbocycles. The van der Waals surface area contributed by atoms with Crippen LogP contribution in [0.1, 0.15) is 28.8 Å². The molecule has 1 aliphatic rings. The maximum Gasteiger partial charge on any atom is 0.254 e. The minimum absolute atomic E-state index is 0.0334. The van der Waals surface area contributed by atoms with E-state index in [1.807, 2.05) is 19.2 Å². The summed E-state index contributed by atoms with van der Waals surface area (Å²) in [4.78, 5) is 16.8. The third kappa shape index (κ3) is 5.68. The average Bonchev–Trinajstić information content (AvgIpc) is 2.68. The van der Waals surface area contributed by atoms with Gasteiger partial charge in [-0.1, -0.05) is 23.7 Å². The highest BCUT2D eigenvalue weighted by Crippen LogP contribution is 2.19. The molecule has 0 aliphatic carbocycles. The second-order valence-electron chi connectivity index (χ2n) is 7.32. The first-order valence-electron chi connectivity index (χ1n) is 9.42. The number of rotatable bonds is 6. The molecular formula is C21H26ClN3O2. The summed E-state index contributed by atoms with van der Waals surface area (Å²) in [5.41, 5.74) is 1.86. The fraction of sp³-hybridized carbons (Fsp3) is 0.429. The molecule has 1 saturated heterocycles. The van der Waals surface area contributed by atoms with Gasteiger partial charge in [0.2, 0.25) is 0 Å². The van der Waals surface area contributed by atoms with Crippen LogP contribution in [0.4, 0.5) is 0 Å². The summed E-state index contributed by atoms with van der Waals surface area (Å²) in [5, 5.41) is 11.9. The van der Waals surface area contributed by atoms with Gasteiger partial charge in [-0.25, -0.2) is 0 Å². The van der Waals surface area contributed by atoms with Crippen LogP contribution in [-0.4, -0.2) is 48.9 Å². The van der Waals surface area contributed by atoms with Gasteiger partial charge in [0.15, 0.2) is 12.4 Å². The highest BCUT2D eigenvalue weighted by Gasteiger charge is 2.23. The number of pyridine rings is 1. The van der Waals surface area contributed by atoms with Gasteiger partial charge in [-0.2, -0.15) is 4.73 Å². The van der Waals surface area contributed by atoms with Gasteiger partial charge >= 0.3 is 0 Å². The molecule has 5 nitrogen and oxygen atoms in total. The monoisotopic (exact) mass is 387 g/mol. The molecule has 0 spiro atoms.